The Bertz CT molecular complexity index is 406. The van der Waals surface area contributed by atoms with Crippen molar-refractivity contribution in [2.45, 2.75) is 50.5 Å². The first-order valence-electron chi connectivity index (χ1n) is 7.20. The van der Waals surface area contributed by atoms with E-state index in [0.717, 1.165) is 37.7 Å². The van der Waals surface area contributed by atoms with Crippen LogP contribution in [0.5, 0.6) is 0 Å². The molecule has 1 aromatic rings. The Morgan fingerprint density at radius 3 is 2.47 bits per heavy atom. The van der Waals surface area contributed by atoms with E-state index in [9.17, 15) is 9.90 Å². The van der Waals surface area contributed by atoms with Crippen molar-refractivity contribution < 1.29 is 9.90 Å². The van der Waals surface area contributed by atoms with Gasteiger partial charge in [0.2, 0.25) is 5.91 Å². The fourth-order valence-corrected chi connectivity index (χ4v) is 2.98. The van der Waals surface area contributed by atoms with E-state index in [1.807, 2.05) is 37.3 Å². The molecule has 1 saturated carbocycles. The van der Waals surface area contributed by atoms with Gasteiger partial charge in [-0.25, -0.2) is 0 Å². The number of amides is 1. The second-order valence-corrected chi connectivity index (χ2v) is 5.42. The third kappa shape index (κ3) is 2.81. The molecule has 3 nitrogen and oxygen atoms in total. The molecule has 1 aliphatic carbocycles. The van der Waals surface area contributed by atoms with Crippen molar-refractivity contribution in [3.05, 3.63) is 35.9 Å². The van der Waals surface area contributed by atoms with Crippen LogP contribution < -0.4 is 5.32 Å². The Morgan fingerprint density at radius 2 is 1.95 bits per heavy atom. The molecule has 2 rings (SSSR count). The number of carbonyl (C=O) groups is 1. The summed E-state index contributed by atoms with van der Waals surface area (Å²) in [6, 6.07) is 9.92. The standard InChI is InChI=1S/C16H23NO2/c1-2-14(12-18)17-15(19)16(10-6-7-11-16)13-8-4-3-5-9-13/h3-5,8-9,14,18H,2,6-7,10-12H2,1H3,(H,17,19)/t14-/m0/s1. The van der Waals surface area contributed by atoms with Crippen molar-refractivity contribution in [1.82, 2.24) is 5.32 Å². The third-order valence-corrected chi connectivity index (χ3v) is 4.27. The molecule has 0 aromatic heterocycles. The van der Waals surface area contributed by atoms with Gasteiger partial charge in [0, 0.05) is 0 Å². The zero-order valence-corrected chi connectivity index (χ0v) is 11.6. The Morgan fingerprint density at radius 1 is 1.32 bits per heavy atom. The minimum absolute atomic E-state index is 0.00705. The summed E-state index contributed by atoms with van der Waals surface area (Å²) in [5, 5.41) is 12.3. The van der Waals surface area contributed by atoms with Crippen LogP contribution in [0.1, 0.15) is 44.6 Å². The maximum Gasteiger partial charge on any atom is 0.230 e. The molecular formula is C16H23NO2. The third-order valence-electron chi connectivity index (χ3n) is 4.27. The van der Waals surface area contributed by atoms with E-state index in [-0.39, 0.29) is 24.0 Å². The fourth-order valence-electron chi connectivity index (χ4n) is 2.98. The van der Waals surface area contributed by atoms with Gasteiger partial charge in [-0.15, -0.1) is 0 Å². The lowest BCUT2D eigenvalue weighted by molar-refractivity contribution is -0.127. The van der Waals surface area contributed by atoms with Crippen LogP contribution in [0.25, 0.3) is 0 Å². The Kier molecular flexibility index (Phi) is 4.59. The van der Waals surface area contributed by atoms with E-state index in [4.69, 9.17) is 0 Å². The number of rotatable bonds is 5. The van der Waals surface area contributed by atoms with Gasteiger partial charge in [0.25, 0.3) is 0 Å². The van der Waals surface area contributed by atoms with E-state index in [1.165, 1.54) is 0 Å². The number of hydrogen-bond donors (Lipinski definition) is 2. The van der Waals surface area contributed by atoms with Gasteiger partial charge in [0.15, 0.2) is 0 Å². The lowest BCUT2D eigenvalue weighted by Crippen LogP contribution is -2.48. The van der Waals surface area contributed by atoms with Gasteiger partial charge in [0.1, 0.15) is 0 Å². The van der Waals surface area contributed by atoms with Crippen LogP contribution in [0.3, 0.4) is 0 Å². The molecule has 0 aliphatic heterocycles. The average molecular weight is 261 g/mol. The van der Waals surface area contributed by atoms with Crippen molar-refractivity contribution in [3.63, 3.8) is 0 Å². The number of nitrogens with one attached hydrogen (secondary N) is 1. The maximum atomic E-state index is 12.7. The summed E-state index contributed by atoms with van der Waals surface area (Å²) in [6.45, 7) is 1.98. The predicted octanol–water partition coefficient (Wildman–Crippen LogP) is 2.39. The largest absolute Gasteiger partial charge is 0.394 e. The Hall–Kier alpha value is -1.35. The molecule has 1 amide bonds. The van der Waals surface area contributed by atoms with E-state index in [1.54, 1.807) is 0 Å². The van der Waals surface area contributed by atoms with Crippen molar-refractivity contribution in [3.8, 4) is 0 Å². The SMILES string of the molecule is CC[C@@H](CO)NC(=O)C1(c2ccccc2)CCCC1. The van der Waals surface area contributed by atoms with Gasteiger partial charge < -0.3 is 10.4 Å². The average Bonchev–Trinajstić information content (AvgIpc) is 2.96. The van der Waals surface area contributed by atoms with Crippen LogP contribution >= 0.6 is 0 Å². The van der Waals surface area contributed by atoms with Crippen molar-refractivity contribution in [1.29, 1.82) is 0 Å². The highest BCUT2D eigenvalue weighted by Crippen LogP contribution is 2.41. The number of aliphatic hydroxyl groups is 1. The van der Waals surface area contributed by atoms with Crippen molar-refractivity contribution in [2.24, 2.45) is 0 Å². The highest BCUT2D eigenvalue weighted by molar-refractivity contribution is 5.88. The van der Waals surface area contributed by atoms with Gasteiger partial charge in [-0.05, 0) is 24.8 Å². The van der Waals surface area contributed by atoms with Crippen LogP contribution in [0.4, 0.5) is 0 Å². The smallest absolute Gasteiger partial charge is 0.230 e. The first-order valence-corrected chi connectivity index (χ1v) is 7.20. The molecule has 1 aromatic carbocycles. The topological polar surface area (TPSA) is 49.3 Å². The molecule has 3 heteroatoms. The highest BCUT2D eigenvalue weighted by Gasteiger charge is 2.42. The van der Waals surface area contributed by atoms with Crippen molar-refractivity contribution >= 4 is 5.91 Å². The summed E-state index contributed by atoms with van der Waals surface area (Å²) in [6.07, 6.45) is 4.76. The van der Waals surface area contributed by atoms with Gasteiger partial charge in [-0.2, -0.15) is 0 Å². The van der Waals surface area contributed by atoms with Crippen LogP contribution in [0, 0.1) is 0 Å². The van der Waals surface area contributed by atoms with Gasteiger partial charge in [-0.3, -0.25) is 4.79 Å². The lowest BCUT2D eigenvalue weighted by atomic mass is 9.78. The van der Waals surface area contributed by atoms with Gasteiger partial charge >= 0.3 is 0 Å². The van der Waals surface area contributed by atoms with Gasteiger partial charge in [0.05, 0.1) is 18.1 Å². The number of carbonyl (C=O) groups excluding carboxylic acids is 1. The molecule has 1 aliphatic rings. The van der Waals surface area contributed by atoms with Crippen molar-refractivity contribution in [2.75, 3.05) is 6.61 Å². The highest BCUT2D eigenvalue weighted by atomic mass is 16.3. The number of benzene rings is 1. The lowest BCUT2D eigenvalue weighted by Gasteiger charge is -2.30. The van der Waals surface area contributed by atoms with Crippen LogP contribution in [0.15, 0.2) is 30.3 Å². The minimum atomic E-state index is -0.385. The molecule has 0 unspecified atom stereocenters. The molecule has 0 spiro atoms. The van der Waals surface area contributed by atoms with Crippen LogP contribution in [-0.4, -0.2) is 23.7 Å². The maximum absolute atomic E-state index is 12.7. The number of aliphatic hydroxyl groups excluding tert-OH is 1. The van der Waals surface area contributed by atoms with Crippen LogP contribution in [-0.2, 0) is 10.2 Å². The minimum Gasteiger partial charge on any atom is -0.394 e. The van der Waals surface area contributed by atoms with Gasteiger partial charge in [-0.1, -0.05) is 50.1 Å². The zero-order chi connectivity index (χ0) is 13.7. The molecule has 2 N–H and O–H groups in total. The Balaban J connectivity index is 2.23. The summed E-state index contributed by atoms with van der Waals surface area (Å²) < 4.78 is 0. The fraction of sp³-hybridized carbons (Fsp3) is 0.562. The van der Waals surface area contributed by atoms with E-state index in [2.05, 4.69) is 5.32 Å². The first kappa shape index (κ1) is 14.1. The molecule has 0 radical (unpaired) electrons. The molecule has 1 atom stereocenters. The molecule has 19 heavy (non-hydrogen) atoms. The second kappa shape index (κ2) is 6.20. The zero-order valence-electron chi connectivity index (χ0n) is 11.6. The quantitative estimate of drug-likeness (QED) is 0.855. The van der Waals surface area contributed by atoms with E-state index < -0.39 is 0 Å². The van der Waals surface area contributed by atoms with Crippen LogP contribution in [0.2, 0.25) is 0 Å². The second-order valence-electron chi connectivity index (χ2n) is 5.42. The van der Waals surface area contributed by atoms with E-state index in [0.29, 0.717) is 0 Å². The predicted molar refractivity (Wildman–Crippen MR) is 75.9 cm³/mol. The molecular weight excluding hydrogens is 238 g/mol. The summed E-state index contributed by atoms with van der Waals surface area (Å²) in [5.74, 6) is 0.0806. The first-order chi connectivity index (χ1) is 9.23. The molecule has 0 bridgehead atoms. The summed E-state index contributed by atoms with van der Waals surface area (Å²) in [4.78, 5) is 12.7. The molecule has 0 saturated heterocycles. The molecule has 0 heterocycles. The van der Waals surface area contributed by atoms with E-state index >= 15 is 0 Å². The normalized spacial score (nSPS) is 19.1. The summed E-state index contributed by atoms with van der Waals surface area (Å²) in [7, 11) is 0. The summed E-state index contributed by atoms with van der Waals surface area (Å²) >= 11 is 0. The molecule has 104 valence electrons. The Labute approximate surface area is 115 Å². The summed E-state index contributed by atoms with van der Waals surface area (Å²) in [5.41, 5.74) is 0.724. The number of hydrogen-bond acceptors (Lipinski definition) is 2. The monoisotopic (exact) mass is 261 g/mol. The molecule has 1 fully saturated rings.